The Bertz CT molecular complexity index is 875. The molecule has 0 bridgehead atoms. The topological polar surface area (TPSA) is 34.9 Å². The Morgan fingerprint density at radius 2 is 1.87 bits per heavy atom. The van der Waals surface area contributed by atoms with Gasteiger partial charge in [0.25, 0.3) is 5.56 Å². The second-order valence-electron chi connectivity index (χ2n) is 5.19. The molecule has 1 heterocycles. The first kappa shape index (κ1) is 16.0. The van der Waals surface area contributed by atoms with Crippen molar-refractivity contribution in [3.63, 3.8) is 0 Å². The van der Waals surface area contributed by atoms with E-state index in [0.29, 0.717) is 6.54 Å². The fraction of sp³-hybridized carbons (Fsp3) is 0.111. The van der Waals surface area contributed by atoms with Gasteiger partial charge < -0.3 is 0 Å². The normalized spacial score (nSPS) is 10.7. The second kappa shape index (κ2) is 7.12. The highest BCUT2D eigenvalue weighted by atomic mass is 32.2. The Labute approximate surface area is 142 Å². The molecule has 5 heteroatoms. The first-order valence-electron chi connectivity index (χ1n) is 7.23. The quantitative estimate of drug-likeness (QED) is 0.540. The van der Waals surface area contributed by atoms with Crippen LogP contribution in [0.4, 0.5) is 0 Å². The largest absolute Gasteiger partial charge is 0.268 e. The van der Waals surface area contributed by atoms with Gasteiger partial charge in [-0.1, -0.05) is 30.3 Å². The van der Waals surface area contributed by atoms with Crippen molar-refractivity contribution in [3.8, 4) is 11.3 Å². The van der Waals surface area contributed by atoms with E-state index in [1.807, 2.05) is 42.7 Å². The van der Waals surface area contributed by atoms with Gasteiger partial charge in [-0.3, -0.25) is 4.79 Å². The first-order chi connectivity index (χ1) is 11.2. The molecule has 3 aromatic rings. The average Bonchev–Trinajstić information content (AvgIpc) is 2.57. The van der Waals surface area contributed by atoms with Gasteiger partial charge in [0.1, 0.15) is 0 Å². The molecule has 2 aromatic carbocycles. The van der Waals surface area contributed by atoms with E-state index in [1.165, 1.54) is 9.58 Å². The minimum absolute atomic E-state index is 0.0938. The molecule has 0 saturated heterocycles. The standard InChI is InChI=1S/C18H17N2OPS/c1-23-16-7-5-14(6-8-16)17-9-10-18(21)20(19-17)12-13-3-2-4-15(22)11-13/h2-11H,12,22H2,1H3. The number of hydrogen-bond acceptors (Lipinski definition) is 3. The van der Waals surface area contributed by atoms with Crippen LogP contribution in [0.1, 0.15) is 5.56 Å². The van der Waals surface area contributed by atoms with E-state index in [1.54, 1.807) is 23.9 Å². The van der Waals surface area contributed by atoms with Crippen LogP contribution in [0.25, 0.3) is 11.3 Å². The number of thioether (sulfide) groups is 1. The molecule has 0 aliphatic heterocycles. The molecule has 116 valence electrons. The molecule has 0 saturated carbocycles. The molecule has 0 fully saturated rings. The zero-order chi connectivity index (χ0) is 16.2. The lowest BCUT2D eigenvalue weighted by atomic mass is 10.1. The van der Waals surface area contributed by atoms with Crippen molar-refractivity contribution < 1.29 is 0 Å². The van der Waals surface area contributed by atoms with E-state index < -0.39 is 0 Å². The van der Waals surface area contributed by atoms with Gasteiger partial charge in [-0.15, -0.1) is 21.0 Å². The summed E-state index contributed by atoms with van der Waals surface area (Å²) in [6.07, 6.45) is 2.05. The number of hydrogen-bond donors (Lipinski definition) is 0. The summed E-state index contributed by atoms with van der Waals surface area (Å²) < 4.78 is 1.51. The zero-order valence-electron chi connectivity index (χ0n) is 12.8. The molecule has 0 amide bonds. The highest BCUT2D eigenvalue weighted by Gasteiger charge is 2.05. The molecule has 0 N–H and O–H groups in total. The summed E-state index contributed by atoms with van der Waals surface area (Å²) in [4.78, 5) is 13.3. The summed E-state index contributed by atoms with van der Waals surface area (Å²) in [6.45, 7) is 0.470. The Morgan fingerprint density at radius 1 is 1.09 bits per heavy atom. The third kappa shape index (κ3) is 3.90. The van der Waals surface area contributed by atoms with Crippen molar-refractivity contribution in [3.05, 3.63) is 76.6 Å². The molecule has 3 nitrogen and oxygen atoms in total. The van der Waals surface area contributed by atoms with Crippen molar-refractivity contribution in [2.24, 2.45) is 0 Å². The summed E-state index contributed by atoms with van der Waals surface area (Å²) in [7, 11) is 2.67. The van der Waals surface area contributed by atoms with Gasteiger partial charge >= 0.3 is 0 Å². The second-order valence-corrected chi connectivity index (χ2v) is 6.73. The molecule has 1 atom stereocenters. The number of rotatable bonds is 4. The fourth-order valence-corrected chi connectivity index (χ4v) is 3.08. The van der Waals surface area contributed by atoms with E-state index >= 15 is 0 Å². The molecule has 0 radical (unpaired) electrons. The SMILES string of the molecule is CSc1ccc(-c2ccc(=O)n(Cc3cccc(P)c3)n2)cc1. The van der Waals surface area contributed by atoms with Crippen molar-refractivity contribution >= 4 is 26.3 Å². The van der Waals surface area contributed by atoms with Crippen LogP contribution in [0.3, 0.4) is 0 Å². The van der Waals surface area contributed by atoms with Crippen LogP contribution in [-0.2, 0) is 6.54 Å². The maximum absolute atomic E-state index is 12.1. The first-order valence-corrected chi connectivity index (χ1v) is 9.03. The number of benzene rings is 2. The molecular formula is C18H17N2OPS. The summed E-state index contributed by atoms with van der Waals surface area (Å²) >= 11 is 1.70. The minimum Gasteiger partial charge on any atom is -0.268 e. The Balaban J connectivity index is 1.93. The van der Waals surface area contributed by atoms with Crippen LogP contribution in [0.2, 0.25) is 0 Å². The van der Waals surface area contributed by atoms with Crippen LogP contribution in [0, 0.1) is 0 Å². The van der Waals surface area contributed by atoms with Gasteiger partial charge in [0.2, 0.25) is 0 Å². The summed E-state index contributed by atoms with van der Waals surface area (Å²) in [5.41, 5.74) is 2.78. The molecule has 0 aliphatic rings. The van der Waals surface area contributed by atoms with Crippen molar-refractivity contribution in [1.29, 1.82) is 0 Å². The van der Waals surface area contributed by atoms with Crippen LogP contribution < -0.4 is 10.9 Å². The lowest BCUT2D eigenvalue weighted by Gasteiger charge is -2.08. The zero-order valence-corrected chi connectivity index (χ0v) is 14.7. The van der Waals surface area contributed by atoms with Gasteiger partial charge in [-0.2, -0.15) is 5.10 Å². The van der Waals surface area contributed by atoms with Crippen molar-refractivity contribution in [2.45, 2.75) is 11.4 Å². The molecule has 23 heavy (non-hydrogen) atoms. The van der Waals surface area contributed by atoms with Crippen molar-refractivity contribution in [2.75, 3.05) is 6.26 Å². The fourth-order valence-electron chi connectivity index (χ4n) is 2.34. The van der Waals surface area contributed by atoms with Crippen molar-refractivity contribution in [1.82, 2.24) is 9.78 Å². The van der Waals surface area contributed by atoms with E-state index in [4.69, 9.17) is 0 Å². The molecule has 0 aliphatic carbocycles. The van der Waals surface area contributed by atoms with Gasteiger partial charge in [0.05, 0.1) is 12.2 Å². The monoisotopic (exact) mass is 340 g/mol. The summed E-state index contributed by atoms with van der Waals surface area (Å²) in [5.74, 6) is 0. The minimum atomic E-state index is -0.0938. The maximum atomic E-state index is 12.1. The molecule has 0 spiro atoms. The maximum Gasteiger partial charge on any atom is 0.267 e. The van der Waals surface area contributed by atoms with Gasteiger partial charge in [0.15, 0.2) is 0 Å². The van der Waals surface area contributed by atoms with Crippen LogP contribution in [0.5, 0.6) is 0 Å². The average molecular weight is 340 g/mol. The van der Waals surface area contributed by atoms with E-state index in [0.717, 1.165) is 22.1 Å². The summed E-state index contributed by atoms with van der Waals surface area (Å²) in [6, 6.07) is 19.6. The third-order valence-corrected chi connectivity index (χ3v) is 4.64. The van der Waals surface area contributed by atoms with E-state index in [-0.39, 0.29) is 5.56 Å². The van der Waals surface area contributed by atoms with Gasteiger partial charge in [0, 0.05) is 16.5 Å². The third-order valence-electron chi connectivity index (χ3n) is 3.54. The predicted molar refractivity (Wildman–Crippen MR) is 101 cm³/mol. The lowest BCUT2D eigenvalue weighted by Crippen LogP contribution is -2.23. The smallest absolute Gasteiger partial charge is 0.267 e. The molecule has 1 unspecified atom stereocenters. The van der Waals surface area contributed by atoms with Gasteiger partial charge in [-0.25, -0.2) is 4.68 Å². The van der Waals surface area contributed by atoms with Crippen LogP contribution in [-0.4, -0.2) is 16.0 Å². The number of nitrogens with zero attached hydrogens (tertiary/aromatic N) is 2. The van der Waals surface area contributed by atoms with E-state index in [2.05, 4.69) is 26.5 Å². The van der Waals surface area contributed by atoms with E-state index in [9.17, 15) is 4.79 Å². The lowest BCUT2D eigenvalue weighted by molar-refractivity contribution is 0.643. The summed E-state index contributed by atoms with van der Waals surface area (Å²) in [5, 5.41) is 5.61. The highest BCUT2D eigenvalue weighted by Crippen LogP contribution is 2.20. The van der Waals surface area contributed by atoms with Gasteiger partial charge in [-0.05, 0) is 41.4 Å². The Kier molecular flexibility index (Phi) is 4.94. The highest BCUT2D eigenvalue weighted by molar-refractivity contribution is 7.98. The van der Waals surface area contributed by atoms with Crippen LogP contribution in [0.15, 0.2) is 70.4 Å². The Morgan fingerprint density at radius 3 is 2.57 bits per heavy atom. The predicted octanol–water partition coefficient (Wildman–Crippen LogP) is 3.18. The molecular weight excluding hydrogens is 323 g/mol. The Hall–Kier alpha value is -1.90. The number of aromatic nitrogens is 2. The molecule has 3 rings (SSSR count). The van der Waals surface area contributed by atoms with Crippen LogP contribution >= 0.6 is 21.0 Å². The molecule has 1 aromatic heterocycles.